The normalized spacial score (nSPS) is 14.9. The van der Waals surface area contributed by atoms with Crippen molar-refractivity contribution in [1.82, 2.24) is 5.32 Å². The quantitative estimate of drug-likeness (QED) is 0.488. The van der Waals surface area contributed by atoms with Gasteiger partial charge in [0.05, 0.1) is 33.3 Å². The van der Waals surface area contributed by atoms with Gasteiger partial charge in [0.2, 0.25) is 0 Å². The second kappa shape index (κ2) is 8.81. The minimum absolute atomic E-state index is 0.0771. The summed E-state index contributed by atoms with van der Waals surface area (Å²) in [6, 6.07) is 15.4. The van der Waals surface area contributed by atoms with E-state index >= 15 is 0 Å². The third kappa shape index (κ3) is 4.05. The van der Waals surface area contributed by atoms with Gasteiger partial charge < -0.3 is 5.32 Å². The molecule has 0 saturated carbocycles. The summed E-state index contributed by atoms with van der Waals surface area (Å²) >= 11 is 18.3. The lowest BCUT2D eigenvalue weighted by Gasteiger charge is -2.15. The molecule has 11 heteroatoms. The highest BCUT2D eigenvalue weighted by molar-refractivity contribution is 6.42. The maximum Gasteiger partial charge on any atom is 0.266 e. The van der Waals surface area contributed by atoms with Gasteiger partial charge in [0.1, 0.15) is 11.5 Å². The Morgan fingerprint density at radius 3 is 2.11 bits per heavy atom. The number of benzene rings is 3. The van der Waals surface area contributed by atoms with Crippen LogP contribution in [0, 0.1) is 0 Å². The predicted molar refractivity (Wildman–Crippen MR) is 133 cm³/mol. The molecule has 2 heterocycles. The number of hydrazone groups is 1. The van der Waals surface area contributed by atoms with Crippen molar-refractivity contribution in [3.63, 3.8) is 0 Å². The van der Waals surface area contributed by atoms with Gasteiger partial charge in [-0.2, -0.15) is 10.1 Å². The Labute approximate surface area is 213 Å². The Bertz CT molecular complexity index is 1430. The van der Waals surface area contributed by atoms with Gasteiger partial charge in [0.25, 0.3) is 23.6 Å². The zero-order valence-electron chi connectivity index (χ0n) is 17.6. The summed E-state index contributed by atoms with van der Waals surface area (Å²) in [7, 11) is 0. The summed E-state index contributed by atoms with van der Waals surface area (Å²) < 4.78 is 0. The van der Waals surface area contributed by atoms with Crippen molar-refractivity contribution in [2.75, 3.05) is 9.91 Å². The molecule has 35 heavy (non-hydrogen) atoms. The van der Waals surface area contributed by atoms with Crippen molar-refractivity contribution < 1.29 is 19.2 Å². The number of nitrogens with one attached hydrogen (secondary N) is 1. The molecule has 0 bridgehead atoms. The van der Waals surface area contributed by atoms with E-state index in [-0.39, 0.29) is 39.2 Å². The van der Waals surface area contributed by atoms with E-state index in [1.165, 1.54) is 24.3 Å². The second-order valence-corrected chi connectivity index (χ2v) is 8.89. The highest BCUT2D eigenvalue weighted by Gasteiger charge is 2.36. The number of halogens is 3. The van der Waals surface area contributed by atoms with Gasteiger partial charge in [0.15, 0.2) is 0 Å². The number of amides is 4. The molecule has 5 rings (SSSR count). The van der Waals surface area contributed by atoms with E-state index in [2.05, 4.69) is 10.4 Å². The van der Waals surface area contributed by atoms with Crippen molar-refractivity contribution in [2.24, 2.45) is 5.10 Å². The first-order chi connectivity index (χ1) is 16.7. The van der Waals surface area contributed by atoms with Crippen LogP contribution in [0.25, 0.3) is 0 Å². The monoisotopic (exact) mass is 526 g/mol. The molecule has 0 spiro atoms. The molecule has 4 amide bonds. The van der Waals surface area contributed by atoms with Crippen molar-refractivity contribution in [3.8, 4) is 0 Å². The lowest BCUT2D eigenvalue weighted by atomic mass is 10.1. The number of rotatable bonds is 3. The van der Waals surface area contributed by atoms with Crippen molar-refractivity contribution >= 4 is 75.6 Å². The van der Waals surface area contributed by atoms with Gasteiger partial charge in [-0.3, -0.25) is 19.2 Å². The maximum absolute atomic E-state index is 12.9. The molecular weight excluding hydrogens is 515 g/mol. The number of carbonyl (C=O) groups is 4. The largest absolute Gasteiger partial charge is 0.308 e. The van der Waals surface area contributed by atoms with E-state index in [0.29, 0.717) is 16.1 Å². The fourth-order valence-electron chi connectivity index (χ4n) is 3.82. The predicted octanol–water partition coefficient (Wildman–Crippen LogP) is 4.93. The Hall–Kier alpha value is -3.72. The van der Waals surface area contributed by atoms with E-state index in [1.807, 2.05) is 0 Å². The fraction of sp³-hybridized carbons (Fsp3) is 0.0417. The summed E-state index contributed by atoms with van der Waals surface area (Å²) in [6.07, 6.45) is -0.195. The first-order valence-corrected chi connectivity index (χ1v) is 11.3. The molecule has 3 aromatic carbocycles. The summed E-state index contributed by atoms with van der Waals surface area (Å²) in [5.41, 5.74) is 1.15. The van der Waals surface area contributed by atoms with Gasteiger partial charge in [-0.25, -0.2) is 4.90 Å². The Morgan fingerprint density at radius 1 is 0.857 bits per heavy atom. The minimum Gasteiger partial charge on any atom is -0.308 e. The average molecular weight is 528 g/mol. The third-order valence-electron chi connectivity index (χ3n) is 5.39. The zero-order chi connectivity index (χ0) is 24.9. The maximum atomic E-state index is 12.9. The summed E-state index contributed by atoms with van der Waals surface area (Å²) in [5.74, 6) is -1.90. The molecule has 0 aliphatic carbocycles. The first kappa shape index (κ1) is 23.0. The standard InChI is InChI=1S/C24H13Cl3N4O4/c25-13-9-17(26)21(18(27)10-13)31-20(32)11-19(29-31)28-22(33)12-4-3-5-14(8-12)30-23(34)15-6-1-2-7-16(15)24(30)35/h1-10H,11H2,(H,28,29,33). The molecule has 2 aliphatic heterocycles. The summed E-state index contributed by atoms with van der Waals surface area (Å²) in [6.45, 7) is 0. The van der Waals surface area contributed by atoms with Crippen LogP contribution in [0.2, 0.25) is 15.1 Å². The molecule has 0 fully saturated rings. The van der Waals surface area contributed by atoms with Crippen LogP contribution in [0.5, 0.6) is 0 Å². The number of carbonyl (C=O) groups excluding carboxylic acids is 4. The third-order valence-corrected chi connectivity index (χ3v) is 6.18. The molecule has 8 nitrogen and oxygen atoms in total. The van der Waals surface area contributed by atoms with Crippen LogP contribution in [-0.2, 0) is 4.79 Å². The van der Waals surface area contributed by atoms with Gasteiger partial charge in [-0.05, 0) is 42.5 Å². The Morgan fingerprint density at radius 2 is 1.49 bits per heavy atom. The van der Waals surface area contributed by atoms with Crippen molar-refractivity contribution in [3.05, 3.63) is 92.4 Å². The van der Waals surface area contributed by atoms with Gasteiger partial charge >= 0.3 is 0 Å². The molecular formula is C24H13Cl3N4O4. The van der Waals surface area contributed by atoms with E-state index in [4.69, 9.17) is 34.8 Å². The highest BCUT2D eigenvalue weighted by atomic mass is 35.5. The fourth-order valence-corrected chi connectivity index (χ4v) is 4.80. The molecule has 0 saturated heterocycles. The molecule has 0 atom stereocenters. The molecule has 174 valence electrons. The molecule has 1 N–H and O–H groups in total. The minimum atomic E-state index is -0.579. The van der Waals surface area contributed by atoms with Crippen LogP contribution >= 0.6 is 34.8 Å². The number of amidine groups is 1. The molecule has 0 unspecified atom stereocenters. The molecule has 0 radical (unpaired) electrons. The highest BCUT2D eigenvalue weighted by Crippen LogP contribution is 2.38. The lowest BCUT2D eigenvalue weighted by Crippen LogP contribution is -2.31. The lowest BCUT2D eigenvalue weighted by molar-refractivity contribution is -0.116. The Kier molecular flexibility index (Phi) is 5.80. The number of nitrogens with zero attached hydrogens (tertiary/aromatic N) is 3. The molecule has 2 aliphatic rings. The van der Waals surface area contributed by atoms with Crippen LogP contribution < -0.4 is 15.2 Å². The van der Waals surface area contributed by atoms with Crippen LogP contribution in [0.15, 0.2) is 65.8 Å². The average Bonchev–Trinajstić information content (AvgIpc) is 3.29. The number of fused-ring (bicyclic) bond motifs is 1. The summed E-state index contributed by atoms with van der Waals surface area (Å²) in [4.78, 5) is 52.0. The molecule has 0 aromatic heterocycles. The van der Waals surface area contributed by atoms with Gasteiger partial charge in [-0.15, -0.1) is 0 Å². The zero-order valence-corrected chi connectivity index (χ0v) is 19.9. The number of hydrogen-bond donors (Lipinski definition) is 1. The number of imide groups is 1. The van der Waals surface area contributed by atoms with Crippen LogP contribution in [0.1, 0.15) is 37.5 Å². The van der Waals surface area contributed by atoms with Crippen molar-refractivity contribution in [2.45, 2.75) is 6.42 Å². The number of hydrogen-bond acceptors (Lipinski definition) is 5. The van der Waals surface area contributed by atoms with Crippen LogP contribution in [0.3, 0.4) is 0 Å². The van der Waals surface area contributed by atoms with Gasteiger partial charge in [0, 0.05) is 10.6 Å². The van der Waals surface area contributed by atoms with E-state index < -0.39 is 23.6 Å². The van der Waals surface area contributed by atoms with E-state index in [0.717, 1.165) is 9.91 Å². The Balaban J connectivity index is 1.38. The van der Waals surface area contributed by atoms with Crippen LogP contribution in [-0.4, -0.2) is 29.5 Å². The van der Waals surface area contributed by atoms with Crippen molar-refractivity contribution in [1.29, 1.82) is 0 Å². The second-order valence-electron chi connectivity index (χ2n) is 7.64. The SMILES string of the molecule is O=C(NC1=NN(c2c(Cl)cc(Cl)cc2Cl)C(=O)C1)c1cccc(N2C(=O)c3ccccc3C2=O)c1. The topological polar surface area (TPSA) is 99.2 Å². The smallest absolute Gasteiger partial charge is 0.266 e. The van der Waals surface area contributed by atoms with E-state index in [9.17, 15) is 19.2 Å². The number of anilines is 2. The summed E-state index contributed by atoms with van der Waals surface area (Å²) in [5, 5.41) is 8.28. The van der Waals surface area contributed by atoms with Crippen LogP contribution in [0.4, 0.5) is 11.4 Å². The van der Waals surface area contributed by atoms with E-state index in [1.54, 1.807) is 36.4 Å². The first-order valence-electron chi connectivity index (χ1n) is 10.2. The van der Waals surface area contributed by atoms with Gasteiger partial charge in [-0.1, -0.05) is 53.0 Å². The molecule has 3 aromatic rings.